The van der Waals surface area contributed by atoms with E-state index >= 15 is 0 Å². The zero-order valence-electron chi connectivity index (χ0n) is 3.29. The van der Waals surface area contributed by atoms with Crippen molar-refractivity contribution < 1.29 is 4.79 Å². The van der Waals surface area contributed by atoms with Gasteiger partial charge in [-0.2, -0.15) is 12.6 Å². The maximum atomic E-state index is 9.44. The molecule has 6 heavy (non-hydrogen) atoms. The van der Waals surface area contributed by atoms with E-state index in [4.69, 9.17) is 0 Å². The second-order valence-corrected chi connectivity index (χ2v) is 1.11. The lowest BCUT2D eigenvalue weighted by Crippen LogP contribution is -1.59. The highest BCUT2D eigenvalue weighted by Crippen LogP contribution is 1.71. The average molecular weight is 102 g/mol. The predicted octanol–water partition coefficient (Wildman–Crippen LogP) is 0.671. The van der Waals surface area contributed by atoms with Crippen molar-refractivity contribution in [1.82, 2.24) is 0 Å². The third-order valence-electron chi connectivity index (χ3n) is 0.320. The van der Waals surface area contributed by atoms with Gasteiger partial charge in [-0.25, -0.2) is 0 Å². The highest BCUT2D eigenvalue weighted by Gasteiger charge is 1.59. The van der Waals surface area contributed by atoms with E-state index in [-0.39, 0.29) is 0 Å². The van der Waals surface area contributed by atoms with Crippen molar-refractivity contribution in [3.63, 3.8) is 0 Å². The van der Waals surface area contributed by atoms with Crippen molar-refractivity contribution in [2.45, 2.75) is 0 Å². The van der Waals surface area contributed by atoms with Crippen molar-refractivity contribution in [1.29, 1.82) is 0 Å². The van der Waals surface area contributed by atoms with Gasteiger partial charge < -0.3 is 0 Å². The minimum absolute atomic E-state index is 0.638. The molecule has 0 atom stereocenters. The Hall–Kier alpha value is -0.240. The largest absolute Gasteiger partial charge is 0.299 e. The second kappa shape index (κ2) is 4.76. The van der Waals surface area contributed by atoms with Crippen LogP contribution >= 0.6 is 12.6 Å². The van der Waals surface area contributed by atoms with Gasteiger partial charge in [-0.1, -0.05) is 6.08 Å². The van der Waals surface area contributed by atoms with E-state index < -0.39 is 0 Å². The van der Waals surface area contributed by atoms with Gasteiger partial charge in [-0.15, -0.1) is 0 Å². The summed E-state index contributed by atoms with van der Waals surface area (Å²) in [7, 11) is 0. The molecule has 2 heteroatoms. The van der Waals surface area contributed by atoms with Crippen LogP contribution < -0.4 is 0 Å². The van der Waals surface area contributed by atoms with Gasteiger partial charge in [-0.05, 0) is 6.08 Å². The van der Waals surface area contributed by atoms with Crippen LogP contribution in [0.5, 0.6) is 0 Å². The molecule has 34 valence electrons. The molecule has 0 saturated heterocycles. The number of hydrogen-bond acceptors (Lipinski definition) is 2. The van der Waals surface area contributed by atoms with Crippen LogP contribution in [0.2, 0.25) is 0 Å². The monoisotopic (exact) mass is 102 g/mol. The standard InChI is InChI=1S/C4H6OS/c5-3-1-2-4-6/h1-3,6H,4H2. The molecule has 1 nitrogen and oxygen atoms in total. The molecule has 0 aromatic carbocycles. The molecule has 0 rings (SSSR count). The van der Waals surface area contributed by atoms with Gasteiger partial charge in [-0.3, -0.25) is 4.79 Å². The summed E-state index contributed by atoms with van der Waals surface area (Å²) in [5.74, 6) is 0.638. The molecule has 0 amide bonds. The summed E-state index contributed by atoms with van der Waals surface area (Å²) < 4.78 is 0. The molecule has 0 aromatic rings. The van der Waals surface area contributed by atoms with Gasteiger partial charge in [0, 0.05) is 5.75 Å². The van der Waals surface area contributed by atoms with Gasteiger partial charge in [0.2, 0.25) is 0 Å². The lowest BCUT2D eigenvalue weighted by molar-refractivity contribution is -0.104. The Morgan fingerprint density at radius 1 is 1.67 bits per heavy atom. The first kappa shape index (κ1) is 5.76. The quantitative estimate of drug-likeness (QED) is 0.308. The lowest BCUT2D eigenvalue weighted by Gasteiger charge is -1.64. The minimum atomic E-state index is 0.638. The smallest absolute Gasteiger partial charge is 0.142 e. The summed E-state index contributed by atoms with van der Waals surface area (Å²) in [5.41, 5.74) is 0. The molecular weight excluding hydrogens is 96.1 g/mol. The first-order valence-corrected chi connectivity index (χ1v) is 2.26. The predicted molar refractivity (Wildman–Crippen MR) is 29.1 cm³/mol. The van der Waals surface area contributed by atoms with Crippen molar-refractivity contribution in [3.8, 4) is 0 Å². The summed E-state index contributed by atoms with van der Waals surface area (Å²) in [4.78, 5) is 9.44. The number of aldehydes is 1. The summed E-state index contributed by atoms with van der Waals surface area (Å²) in [6.07, 6.45) is 3.83. The fourth-order valence-corrected chi connectivity index (χ4v) is 0.238. The van der Waals surface area contributed by atoms with E-state index in [1.54, 1.807) is 6.08 Å². The summed E-state index contributed by atoms with van der Waals surface area (Å²) in [5, 5.41) is 0. The van der Waals surface area contributed by atoms with Gasteiger partial charge in [0.15, 0.2) is 0 Å². The number of thiol groups is 1. The summed E-state index contributed by atoms with van der Waals surface area (Å²) in [6.45, 7) is 0. The fourth-order valence-electron chi connectivity index (χ4n) is 0.116. The Kier molecular flexibility index (Phi) is 4.57. The van der Waals surface area contributed by atoms with Gasteiger partial charge in [0.25, 0.3) is 0 Å². The van der Waals surface area contributed by atoms with Gasteiger partial charge in [0.1, 0.15) is 6.29 Å². The highest BCUT2D eigenvalue weighted by molar-refractivity contribution is 7.80. The Bertz CT molecular complexity index is 58.6. The van der Waals surface area contributed by atoms with Crippen LogP contribution in [-0.4, -0.2) is 12.0 Å². The van der Waals surface area contributed by atoms with Crippen LogP contribution in [0.25, 0.3) is 0 Å². The maximum absolute atomic E-state index is 9.44. The number of carbonyl (C=O) groups is 1. The summed E-state index contributed by atoms with van der Waals surface area (Å²) in [6, 6.07) is 0. The van der Waals surface area contributed by atoms with Crippen molar-refractivity contribution in [2.75, 3.05) is 5.75 Å². The Balaban J connectivity index is 2.94. The lowest BCUT2D eigenvalue weighted by atomic mass is 10.6. The Morgan fingerprint density at radius 2 is 2.33 bits per heavy atom. The Morgan fingerprint density at radius 3 is 2.50 bits per heavy atom. The van der Waals surface area contributed by atoms with Gasteiger partial charge in [0.05, 0.1) is 0 Å². The van der Waals surface area contributed by atoms with E-state index in [9.17, 15) is 4.79 Å². The first-order chi connectivity index (χ1) is 2.91. The fraction of sp³-hybridized carbons (Fsp3) is 0.250. The second-order valence-electron chi connectivity index (χ2n) is 0.747. The zero-order valence-corrected chi connectivity index (χ0v) is 4.19. The third-order valence-corrected chi connectivity index (χ3v) is 0.531. The molecule has 0 spiro atoms. The van der Waals surface area contributed by atoms with Crippen molar-refractivity contribution >= 4 is 18.9 Å². The first-order valence-electron chi connectivity index (χ1n) is 1.63. The number of rotatable bonds is 2. The SMILES string of the molecule is O=CC=CCS. The number of allylic oxidation sites excluding steroid dienone is 1. The molecule has 0 heterocycles. The molecule has 0 N–H and O–H groups in total. The topological polar surface area (TPSA) is 17.1 Å². The van der Waals surface area contributed by atoms with Crippen LogP contribution in [0.1, 0.15) is 0 Å². The average Bonchev–Trinajstić information content (AvgIpc) is 1.61. The number of hydrogen-bond donors (Lipinski definition) is 1. The van der Waals surface area contributed by atoms with E-state index in [0.29, 0.717) is 5.75 Å². The molecule has 0 aliphatic rings. The maximum Gasteiger partial charge on any atom is 0.142 e. The molecule has 0 unspecified atom stereocenters. The molecule has 0 saturated carbocycles. The Labute approximate surface area is 42.5 Å². The highest BCUT2D eigenvalue weighted by atomic mass is 32.1. The van der Waals surface area contributed by atoms with Crippen LogP contribution in [0.4, 0.5) is 0 Å². The van der Waals surface area contributed by atoms with E-state index in [2.05, 4.69) is 12.6 Å². The van der Waals surface area contributed by atoms with E-state index in [0.717, 1.165) is 6.29 Å². The normalized spacial score (nSPS) is 9.50. The zero-order chi connectivity index (χ0) is 4.83. The van der Waals surface area contributed by atoms with Crippen molar-refractivity contribution in [3.05, 3.63) is 12.2 Å². The van der Waals surface area contributed by atoms with Crippen LogP contribution in [0.15, 0.2) is 12.2 Å². The number of carbonyl (C=O) groups excluding carboxylic acids is 1. The molecule has 0 aliphatic carbocycles. The molecule has 0 bridgehead atoms. The van der Waals surface area contributed by atoms with E-state index in [1.807, 2.05) is 0 Å². The molecular formula is C4H6OS. The molecule has 0 radical (unpaired) electrons. The van der Waals surface area contributed by atoms with Crippen LogP contribution in [0.3, 0.4) is 0 Å². The third kappa shape index (κ3) is 3.76. The van der Waals surface area contributed by atoms with Crippen LogP contribution in [0, 0.1) is 0 Å². The minimum Gasteiger partial charge on any atom is -0.299 e. The molecule has 0 aromatic heterocycles. The molecule has 0 aliphatic heterocycles. The van der Waals surface area contributed by atoms with Gasteiger partial charge >= 0.3 is 0 Å². The van der Waals surface area contributed by atoms with Crippen molar-refractivity contribution in [2.24, 2.45) is 0 Å². The molecule has 0 fully saturated rings. The van der Waals surface area contributed by atoms with E-state index in [1.165, 1.54) is 6.08 Å². The summed E-state index contributed by atoms with van der Waals surface area (Å²) >= 11 is 3.81. The van der Waals surface area contributed by atoms with Crippen LogP contribution in [-0.2, 0) is 4.79 Å².